The summed E-state index contributed by atoms with van der Waals surface area (Å²) in [5.41, 5.74) is 0. The van der Waals surface area contributed by atoms with Crippen molar-refractivity contribution in [2.75, 3.05) is 13.7 Å². The fourth-order valence-corrected chi connectivity index (χ4v) is 2.34. The van der Waals surface area contributed by atoms with Gasteiger partial charge in [0.05, 0.1) is 12.1 Å². The molecule has 0 bridgehead atoms. The van der Waals surface area contributed by atoms with Crippen molar-refractivity contribution in [2.24, 2.45) is 7.05 Å². The van der Waals surface area contributed by atoms with E-state index in [0.717, 1.165) is 25.3 Å². The number of ether oxygens (including phenoxy) is 1. The van der Waals surface area contributed by atoms with Crippen LogP contribution in [-0.2, 0) is 11.8 Å². The Morgan fingerprint density at radius 1 is 1.69 bits per heavy atom. The average molecular weight is 223 g/mol. The van der Waals surface area contributed by atoms with Crippen molar-refractivity contribution < 1.29 is 4.74 Å². The Bertz CT molecular complexity index is 318. The number of aryl methyl sites for hydroxylation is 1. The lowest BCUT2D eigenvalue weighted by Crippen LogP contribution is -2.21. The number of imidazole rings is 1. The number of nitrogens with one attached hydrogen (secondary N) is 1. The maximum Gasteiger partial charge on any atom is 0.125 e. The molecule has 0 aromatic carbocycles. The van der Waals surface area contributed by atoms with Gasteiger partial charge < -0.3 is 14.6 Å². The third-order valence-electron chi connectivity index (χ3n) is 3.32. The van der Waals surface area contributed by atoms with Crippen LogP contribution in [0.25, 0.3) is 0 Å². The lowest BCUT2D eigenvalue weighted by atomic mass is 10.1. The minimum absolute atomic E-state index is 0.337. The van der Waals surface area contributed by atoms with Crippen LogP contribution in [0.2, 0.25) is 0 Å². The van der Waals surface area contributed by atoms with Crippen molar-refractivity contribution in [2.45, 2.75) is 37.8 Å². The predicted octanol–water partition coefficient (Wildman–Crippen LogP) is 1.64. The van der Waals surface area contributed by atoms with E-state index in [-0.39, 0.29) is 0 Å². The highest BCUT2D eigenvalue weighted by molar-refractivity contribution is 4.98. The first kappa shape index (κ1) is 11.6. The normalized spacial score (nSPS) is 22.5. The Kier molecular flexibility index (Phi) is 3.96. The summed E-state index contributed by atoms with van der Waals surface area (Å²) in [4.78, 5) is 4.39. The molecule has 0 saturated carbocycles. The van der Waals surface area contributed by atoms with Crippen LogP contribution in [-0.4, -0.2) is 29.3 Å². The molecule has 0 amide bonds. The average Bonchev–Trinajstić information content (AvgIpc) is 2.92. The molecule has 90 valence electrons. The molecule has 4 heteroatoms. The smallest absolute Gasteiger partial charge is 0.125 e. The zero-order valence-corrected chi connectivity index (χ0v) is 10.1. The molecule has 1 saturated heterocycles. The molecule has 1 aromatic rings. The van der Waals surface area contributed by atoms with Gasteiger partial charge in [-0.05, 0) is 32.7 Å². The fraction of sp³-hybridized carbons (Fsp3) is 0.750. The second-order valence-corrected chi connectivity index (χ2v) is 4.45. The summed E-state index contributed by atoms with van der Waals surface area (Å²) in [6, 6.07) is 0.337. The highest BCUT2D eigenvalue weighted by Gasteiger charge is 2.19. The van der Waals surface area contributed by atoms with Crippen LogP contribution < -0.4 is 5.32 Å². The van der Waals surface area contributed by atoms with Crippen LogP contribution in [0.5, 0.6) is 0 Å². The molecule has 1 aromatic heterocycles. The molecule has 4 nitrogen and oxygen atoms in total. The maximum absolute atomic E-state index is 5.64. The minimum atomic E-state index is 0.337. The summed E-state index contributed by atoms with van der Waals surface area (Å²) in [7, 11) is 4.04. The molecule has 16 heavy (non-hydrogen) atoms. The molecular formula is C12H21N3O. The van der Waals surface area contributed by atoms with Gasteiger partial charge in [0.2, 0.25) is 0 Å². The van der Waals surface area contributed by atoms with Gasteiger partial charge >= 0.3 is 0 Å². The third kappa shape index (κ3) is 2.62. The summed E-state index contributed by atoms with van der Waals surface area (Å²) in [6.45, 7) is 0.942. The first-order valence-corrected chi connectivity index (χ1v) is 6.07. The van der Waals surface area contributed by atoms with Gasteiger partial charge in [0.25, 0.3) is 0 Å². The monoisotopic (exact) mass is 223 g/mol. The minimum Gasteiger partial charge on any atom is -0.378 e. The van der Waals surface area contributed by atoms with E-state index in [4.69, 9.17) is 4.74 Å². The SMILES string of the molecule is CNC(CCC1CCCO1)c1nccn1C. The first-order chi connectivity index (χ1) is 7.81. The predicted molar refractivity (Wildman–Crippen MR) is 63.2 cm³/mol. The highest BCUT2D eigenvalue weighted by atomic mass is 16.5. The van der Waals surface area contributed by atoms with Crippen LogP contribution >= 0.6 is 0 Å². The van der Waals surface area contributed by atoms with Crippen LogP contribution in [0.4, 0.5) is 0 Å². The van der Waals surface area contributed by atoms with Crippen molar-refractivity contribution in [1.29, 1.82) is 0 Å². The Hall–Kier alpha value is -0.870. The van der Waals surface area contributed by atoms with E-state index >= 15 is 0 Å². The van der Waals surface area contributed by atoms with E-state index in [2.05, 4.69) is 14.9 Å². The summed E-state index contributed by atoms with van der Waals surface area (Å²) in [6.07, 6.45) is 8.96. The van der Waals surface area contributed by atoms with Crippen molar-refractivity contribution in [3.63, 3.8) is 0 Å². The molecule has 1 N–H and O–H groups in total. The number of rotatable bonds is 5. The lowest BCUT2D eigenvalue weighted by molar-refractivity contribution is 0.0995. The molecule has 2 atom stereocenters. The molecule has 1 aliphatic heterocycles. The van der Waals surface area contributed by atoms with Crippen molar-refractivity contribution in [1.82, 2.24) is 14.9 Å². The van der Waals surface area contributed by atoms with Gasteiger partial charge in [0.1, 0.15) is 5.82 Å². The van der Waals surface area contributed by atoms with Crippen molar-refractivity contribution in [3.8, 4) is 0 Å². The molecule has 2 rings (SSSR count). The van der Waals surface area contributed by atoms with Crippen LogP contribution in [0.15, 0.2) is 12.4 Å². The molecule has 2 unspecified atom stereocenters. The maximum atomic E-state index is 5.64. The first-order valence-electron chi connectivity index (χ1n) is 6.07. The third-order valence-corrected chi connectivity index (χ3v) is 3.32. The van der Waals surface area contributed by atoms with E-state index in [9.17, 15) is 0 Å². The molecule has 0 spiro atoms. The Morgan fingerprint density at radius 2 is 2.56 bits per heavy atom. The van der Waals surface area contributed by atoms with E-state index < -0.39 is 0 Å². The number of aromatic nitrogens is 2. The summed E-state index contributed by atoms with van der Waals surface area (Å²) in [5, 5.41) is 3.33. The molecule has 0 aliphatic carbocycles. The van der Waals surface area contributed by atoms with Crippen molar-refractivity contribution >= 4 is 0 Å². The van der Waals surface area contributed by atoms with Crippen LogP contribution in [0.3, 0.4) is 0 Å². The Balaban J connectivity index is 1.88. The largest absolute Gasteiger partial charge is 0.378 e. The van der Waals surface area contributed by atoms with Crippen molar-refractivity contribution in [3.05, 3.63) is 18.2 Å². The summed E-state index contributed by atoms with van der Waals surface area (Å²) in [5.74, 6) is 1.11. The van der Waals surface area contributed by atoms with Gasteiger partial charge in [-0.3, -0.25) is 0 Å². The van der Waals surface area contributed by atoms with Gasteiger partial charge in [0, 0.05) is 26.0 Å². The van der Waals surface area contributed by atoms with Crippen LogP contribution in [0, 0.1) is 0 Å². The summed E-state index contributed by atoms with van der Waals surface area (Å²) >= 11 is 0. The van der Waals surface area contributed by atoms with E-state index in [1.807, 2.05) is 26.5 Å². The molecule has 1 fully saturated rings. The summed E-state index contributed by atoms with van der Waals surface area (Å²) < 4.78 is 7.72. The van der Waals surface area contributed by atoms with Gasteiger partial charge in [0.15, 0.2) is 0 Å². The lowest BCUT2D eigenvalue weighted by Gasteiger charge is -2.17. The van der Waals surface area contributed by atoms with Gasteiger partial charge in [-0.2, -0.15) is 0 Å². The van der Waals surface area contributed by atoms with Gasteiger partial charge in [-0.25, -0.2) is 4.98 Å². The molecule has 0 radical (unpaired) electrons. The van der Waals surface area contributed by atoms with E-state index in [1.165, 1.54) is 12.8 Å². The number of hydrogen-bond acceptors (Lipinski definition) is 3. The number of hydrogen-bond donors (Lipinski definition) is 1. The van der Waals surface area contributed by atoms with E-state index in [1.54, 1.807) is 0 Å². The molecule has 1 aliphatic rings. The molecular weight excluding hydrogens is 202 g/mol. The fourth-order valence-electron chi connectivity index (χ4n) is 2.34. The highest BCUT2D eigenvalue weighted by Crippen LogP contribution is 2.22. The second-order valence-electron chi connectivity index (χ2n) is 4.45. The Morgan fingerprint density at radius 3 is 3.12 bits per heavy atom. The Labute approximate surface area is 97.0 Å². The van der Waals surface area contributed by atoms with Gasteiger partial charge in [-0.15, -0.1) is 0 Å². The molecule has 2 heterocycles. The zero-order valence-electron chi connectivity index (χ0n) is 10.1. The van der Waals surface area contributed by atoms with E-state index in [0.29, 0.717) is 12.1 Å². The second kappa shape index (κ2) is 5.46. The van der Waals surface area contributed by atoms with Crippen LogP contribution in [0.1, 0.15) is 37.5 Å². The quantitative estimate of drug-likeness (QED) is 0.825. The standard InChI is InChI=1S/C12H21N3O/c1-13-11(12-14-7-8-15(12)2)6-5-10-4-3-9-16-10/h7-8,10-11,13H,3-6,9H2,1-2H3. The van der Waals surface area contributed by atoms with Gasteiger partial charge in [-0.1, -0.05) is 0 Å². The topological polar surface area (TPSA) is 39.1 Å². The number of nitrogens with zero attached hydrogens (tertiary/aromatic N) is 2. The zero-order chi connectivity index (χ0) is 11.4.